The highest BCUT2D eigenvalue weighted by Crippen LogP contribution is 2.36. The standard InChI is InChI=1S/C17H21NOS2/c1-2-9-18-14(11-13-6-5-10-20-13)16-12-21-17-8-4-3-7-15(17)19-16/h3-8,10,14,16,18H,2,9,11-12H2,1H3. The molecule has 1 N–H and O–H groups in total. The molecule has 0 saturated carbocycles. The van der Waals surface area contributed by atoms with E-state index in [2.05, 4.69) is 54.0 Å². The second-order valence-corrected chi connectivity index (χ2v) is 7.35. The van der Waals surface area contributed by atoms with Crippen LogP contribution in [0.25, 0.3) is 0 Å². The first-order chi connectivity index (χ1) is 10.4. The van der Waals surface area contributed by atoms with Crippen molar-refractivity contribution >= 4 is 23.1 Å². The van der Waals surface area contributed by atoms with Crippen molar-refractivity contribution in [3.8, 4) is 5.75 Å². The highest BCUT2D eigenvalue weighted by molar-refractivity contribution is 7.99. The van der Waals surface area contributed by atoms with Crippen molar-refractivity contribution in [1.82, 2.24) is 5.32 Å². The summed E-state index contributed by atoms with van der Waals surface area (Å²) in [6.07, 6.45) is 2.43. The number of rotatable bonds is 6. The maximum absolute atomic E-state index is 6.26. The Bertz CT molecular complexity index is 556. The van der Waals surface area contributed by atoms with Crippen LogP contribution in [0, 0.1) is 0 Å². The Kier molecular flexibility index (Phi) is 5.22. The lowest BCUT2D eigenvalue weighted by Crippen LogP contribution is -2.47. The largest absolute Gasteiger partial charge is 0.487 e. The maximum Gasteiger partial charge on any atom is 0.133 e. The second-order valence-electron chi connectivity index (χ2n) is 5.26. The van der Waals surface area contributed by atoms with Gasteiger partial charge in [0.2, 0.25) is 0 Å². The zero-order chi connectivity index (χ0) is 14.5. The zero-order valence-electron chi connectivity index (χ0n) is 12.2. The van der Waals surface area contributed by atoms with Crippen LogP contribution in [0.2, 0.25) is 0 Å². The van der Waals surface area contributed by atoms with Gasteiger partial charge in [0.25, 0.3) is 0 Å². The van der Waals surface area contributed by atoms with Gasteiger partial charge in [0, 0.05) is 28.0 Å². The Hall–Kier alpha value is -0.970. The third-order valence-electron chi connectivity index (χ3n) is 3.64. The van der Waals surface area contributed by atoms with Gasteiger partial charge in [0.1, 0.15) is 11.9 Å². The number of fused-ring (bicyclic) bond motifs is 1. The molecule has 112 valence electrons. The van der Waals surface area contributed by atoms with Gasteiger partial charge in [-0.2, -0.15) is 0 Å². The van der Waals surface area contributed by atoms with Crippen LogP contribution >= 0.6 is 23.1 Å². The first-order valence-corrected chi connectivity index (χ1v) is 9.37. The molecule has 2 heterocycles. The molecule has 2 atom stereocenters. The molecule has 0 amide bonds. The molecule has 0 radical (unpaired) electrons. The molecule has 21 heavy (non-hydrogen) atoms. The van der Waals surface area contributed by atoms with Crippen molar-refractivity contribution in [3.05, 3.63) is 46.7 Å². The molecule has 3 rings (SSSR count). The van der Waals surface area contributed by atoms with Gasteiger partial charge >= 0.3 is 0 Å². The van der Waals surface area contributed by atoms with Crippen LogP contribution in [0.3, 0.4) is 0 Å². The van der Waals surface area contributed by atoms with Gasteiger partial charge in [0.05, 0.1) is 0 Å². The summed E-state index contributed by atoms with van der Waals surface area (Å²) in [5.41, 5.74) is 0. The number of thiophene rings is 1. The first kappa shape index (κ1) is 14.9. The molecule has 2 nitrogen and oxygen atoms in total. The van der Waals surface area contributed by atoms with Crippen molar-refractivity contribution < 1.29 is 4.74 Å². The molecular weight excluding hydrogens is 298 g/mol. The van der Waals surface area contributed by atoms with Crippen LogP contribution in [0.4, 0.5) is 0 Å². The smallest absolute Gasteiger partial charge is 0.133 e. The molecule has 1 aromatic carbocycles. The van der Waals surface area contributed by atoms with Crippen LogP contribution in [-0.2, 0) is 6.42 Å². The molecule has 0 bridgehead atoms. The van der Waals surface area contributed by atoms with Gasteiger partial charge in [-0.25, -0.2) is 0 Å². The molecule has 0 spiro atoms. The van der Waals surface area contributed by atoms with Gasteiger partial charge < -0.3 is 10.1 Å². The zero-order valence-corrected chi connectivity index (χ0v) is 13.9. The topological polar surface area (TPSA) is 21.3 Å². The summed E-state index contributed by atoms with van der Waals surface area (Å²) >= 11 is 3.74. The number of para-hydroxylation sites is 1. The SMILES string of the molecule is CCCNC(Cc1cccs1)C1CSc2ccccc2O1. The number of hydrogen-bond acceptors (Lipinski definition) is 4. The molecule has 1 aliphatic heterocycles. The summed E-state index contributed by atoms with van der Waals surface area (Å²) in [6.45, 7) is 3.25. The minimum atomic E-state index is 0.235. The average molecular weight is 319 g/mol. The van der Waals surface area contributed by atoms with Crippen LogP contribution in [0.15, 0.2) is 46.7 Å². The molecule has 1 aromatic heterocycles. The number of ether oxygens (including phenoxy) is 1. The second kappa shape index (κ2) is 7.34. The van der Waals surface area contributed by atoms with Gasteiger partial charge in [-0.15, -0.1) is 23.1 Å². The quantitative estimate of drug-likeness (QED) is 0.861. The van der Waals surface area contributed by atoms with E-state index in [1.54, 1.807) is 0 Å². The summed E-state index contributed by atoms with van der Waals surface area (Å²) in [4.78, 5) is 2.69. The molecule has 0 aliphatic carbocycles. The predicted molar refractivity (Wildman–Crippen MR) is 91.7 cm³/mol. The van der Waals surface area contributed by atoms with Gasteiger partial charge in [0.15, 0.2) is 0 Å². The van der Waals surface area contributed by atoms with Crippen molar-refractivity contribution in [2.24, 2.45) is 0 Å². The first-order valence-electron chi connectivity index (χ1n) is 7.51. The van der Waals surface area contributed by atoms with Crippen molar-refractivity contribution in [2.75, 3.05) is 12.3 Å². The lowest BCUT2D eigenvalue weighted by Gasteiger charge is -2.32. The maximum atomic E-state index is 6.26. The number of benzene rings is 1. The third-order valence-corrected chi connectivity index (χ3v) is 5.68. The Morgan fingerprint density at radius 2 is 2.19 bits per heavy atom. The summed E-state index contributed by atoms with van der Waals surface area (Å²) in [7, 11) is 0. The van der Waals surface area contributed by atoms with E-state index in [9.17, 15) is 0 Å². The summed E-state index contributed by atoms with van der Waals surface area (Å²) in [5, 5.41) is 5.83. The lowest BCUT2D eigenvalue weighted by atomic mass is 10.1. The number of thioether (sulfide) groups is 1. The number of nitrogens with one attached hydrogen (secondary N) is 1. The van der Waals surface area contributed by atoms with Crippen LogP contribution in [0.5, 0.6) is 5.75 Å². The van der Waals surface area contributed by atoms with E-state index in [-0.39, 0.29) is 6.10 Å². The molecule has 0 fully saturated rings. The molecule has 0 saturated heterocycles. The summed E-state index contributed by atoms with van der Waals surface area (Å²) < 4.78 is 6.26. The Morgan fingerprint density at radius 3 is 3.00 bits per heavy atom. The molecule has 1 aliphatic rings. The van der Waals surface area contributed by atoms with Gasteiger partial charge in [-0.3, -0.25) is 0 Å². The van der Waals surface area contributed by atoms with E-state index in [1.165, 1.54) is 9.77 Å². The third kappa shape index (κ3) is 3.82. The van der Waals surface area contributed by atoms with Crippen LogP contribution in [0.1, 0.15) is 18.2 Å². The fourth-order valence-electron chi connectivity index (χ4n) is 2.54. The minimum absolute atomic E-state index is 0.235. The van der Waals surface area contributed by atoms with E-state index < -0.39 is 0 Å². The van der Waals surface area contributed by atoms with E-state index >= 15 is 0 Å². The summed E-state index contributed by atoms with van der Waals surface area (Å²) in [5.74, 6) is 2.05. The fourth-order valence-corrected chi connectivity index (χ4v) is 4.39. The molecule has 4 heteroatoms. The van der Waals surface area contributed by atoms with Crippen molar-refractivity contribution in [1.29, 1.82) is 0 Å². The average Bonchev–Trinajstić information content (AvgIpc) is 3.04. The van der Waals surface area contributed by atoms with Crippen molar-refractivity contribution in [2.45, 2.75) is 36.8 Å². The highest BCUT2D eigenvalue weighted by atomic mass is 32.2. The Labute approximate surface area is 134 Å². The van der Waals surface area contributed by atoms with Gasteiger partial charge in [-0.05, 0) is 36.5 Å². The lowest BCUT2D eigenvalue weighted by molar-refractivity contribution is 0.165. The van der Waals surface area contributed by atoms with E-state index in [0.29, 0.717) is 6.04 Å². The summed E-state index contributed by atoms with van der Waals surface area (Å²) in [6, 6.07) is 13.1. The minimum Gasteiger partial charge on any atom is -0.487 e. The van der Waals surface area contributed by atoms with E-state index in [0.717, 1.165) is 30.9 Å². The fraction of sp³-hybridized carbons (Fsp3) is 0.412. The monoisotopic (exact) mass is 319 g/mol. The molecular formula is C17H21NOS2. The predicted octanol–water partition coefficient (Wildman–Crippen LogP) is 4.21. The van der Waals surface area contributed by atoms with Gasteiger partial charge in [-0.1, -0.05) is 25.1 Å². The molecule has 2 unspecified atom stereocenters. The van der Waals surface area contributed by atoms with Crippen LogP contribution in [-0.4, -0.2) is 24.4 Å². The van der Waals surface area contributed by atoms with E-state index in [4.69, 9.17) is 4.74 Å². The highest BCUT2D eigenvalue weighted by Gasteiger charge is 2.28. The Balaban J connectivity index is 1.71. The molecule has 2 aromatic rings. The number of hydrogen-bond donors (Lipinski definition) is 1. The Morgan fingerprint density at radius 1 is 1.29 bits per heavy atom. The van der Waals surface area contributed by atoms with E-state index in [1.807, 2.05) is 23.1 Å². The normalized spacial score (nSPS) is 18.8. The van der Waals surface area contributed by atoms with Crippen molar-refractivity contribution in [3.63, 3.8) is 0 Å². The van der Waals surface area contributed by atoms with Crippen LogP contribution < -0.4 is 10.1 Å².